The average molecular weight is 235 g/mol. The Kier molecular flexibility index (Phi) is 3.11. The van der Waals surface area contributed by atoms with Gasteiger partial charge in [0.05, 0.1) is 4.75 Å². The summed E-state index contributed by atoms with van der Waals surface area (Å²) in [6.07, 6.45) is 1.02. The second kappa shape index (κ2) is 3.75. The van der Waals surface area contributed by atoms with Crippen LogP contribution in [0.5, 0.6) is 0 Å². The van der Waals surface area contributed by atoms with Crippen molar-refractivity contribution < 1.29 is 18.3 Å². The van der Waals surface area contributed by atoms with Crippen LogP contribution in [0, 0.1) is 0 Å². The molecule has 1 saturated heterocycles. The van der Waals surface area contributed by atoms with Gasteiger partial charge in [-0.05, 0) is 33.6 Å². The number of sulfonamides is 1. The van der Waals surface area contributed by atoms with Crippen LogP contribution in [-0.4, -0.2) is 41.1 Å². The molecule has 6 heteroatoms. The fourth-order valence-electron chi connectivity index (χ4n) is 1.63. The van der Waals surface area contributed by atoms with Gasteiger partial charge in [-0.3, -0.25) is 4.79 Å². The average Bonchev–Trinajstić information content (AvgIpc) is 2.48. The molecule has 0 radical (unpaired) electrons. The number of rotatable bonds is 2. The smallest absolute Gasteiger partial charge is 0.322 e. The van der Waals surface area contributed by atoms with Crippen molar-refractivity contribution in [3.63, 3.8) is 0 Å². The predicted molar refractivity (Wildman–Crippen MR) is 56.0 cm³/mol. The molecule has 0 bridgehead atoms. The molecule has 1 heterocycles. The molecule has 15 heavy (non-hydrogen) atoms. The summed E-state index contributed by atoms with van der Waals surface area (Å²) >= 11 is 0. The molecule has 0 aromatic rings. The third-order valence-electron chi connectivity index (χ3n) is 2.57. The Balaban J connectivity index is 3.03. The standard InChI is InChI=1S/C9H17NO4S/c1-9(2,3)15(13,14)10-6-4-5-7(10)8(11)12/h7H,4-6H2,1-3H3,(H,11,12)/t7-/m0/s1. The summed E-state index contributed by atoms with van der Waals surface area (Å²) in [4.78, 5) is 10.9. The zero-order valence-electron chi connectivity index (χ0n) is 9.23. The van der Waals surface area contributed by atoms with Gasteiger partial charge in [-0.1, -0.05) is 0 Å². The summed E-state index contributed by atoms with van der Waals surface area (Å²) in [5, 5.41) is 8.91. The number of carboxylic acids is 1. The molecule has 1 aliphatic heterocycles. The van der Waals surface area contributed by atoms with Crippen LogP contribution < -0.4 is 0 Å². The molecule has 0 spiro atoms. The number of carboxylic acid groups (broad SMARTS) is 1. The van der Waals surface area contributed by atoms with Gasteiger partial charge >= 0.3 is 5.97 Å². The predicted octanol–water partition coefficient (Wildman–Crippen LogP) is 0.664. The third kappa shape index (κ3) is 2.15. The first-order valence-corrected chi connectivity index (χ1v) is 6.36. The van der Waals surface area contributed by atoms with Crippen molar-refractivity contribution in [2.45, 2.75) is 44.4 Å². The largest absolute Gasteiger partial charge is 0.480 e. The number of hydrogen-bond donors (Lipinski definition) is 1. The minimum absolute atomic E-state index is 0.316. The maximum Gasteiger partial charge on any atom is 0.322 e. The first kappa shape index (κ1) is 12.4. The van der Waals surface area contributed by atoms with E-state index < -0.39 is 26.8 Å². The first-order valence-electron chi connectivity index (χ1n) is 4.92. The van der Waals surface area contributed by atoms with Crippen LogP contribution in [0.4, 0.5) is 0 Å². The summed E-state index contributed by atoms with van der Waals surface area (Å²) in [5.41, 5.74) is 0. The van der Waals surface area contributed by atoms with E-state index in [0.717, 1.165) is 4.31 Å². The minimum atomic E-state index is -3.52. The summed E-state index contributed by atoms with van der Waals surface area (Å²) in [6, 6.07) is -0.880. The van der Waals surface area contributed by atoms with E-state index in [-0.39, 0.29) is 0 Å². The first-order chi connectivity index (χ1) is 6.68. The Morgan fingerprint density at radius 3 is 2.33 bits per heavy atom. The molecule has 0 aromatic carbocycles. The van der Waals surface area contributed by atoms with E-state index in [1.807, 2.05) is 0 Å². The second-order valence-electron chi connectivity index (χ2n) is 4.72. The van der Waals surface area contributed by atoms with Gasteiger partial charge in [0.2, 0.25) is 10.0 Å². The molecular weight excluding hydrogens is 218 g/mol. The molecule has 0 amide bonds. The van der Waals surface area contributed by atoms with E-state index >= 15 is 0 Å². The van der Waals surface area contributed by atoms with Crippen LogP contribution in [0.1, 0.15) is 33.6 Å². The quantitative estimate of drug-likeness (QED) is 0.763. The lowest BCUT2D eigenvalue weighted by atomic mass is 10.2. The van der Waals surface area contributed by atoms with E-state index in [2.05, 4.69) is 0 Å². The van der Waals surface area contributed by atoms with E-state index in [0.29, 0.717) is 19.4 Å². The monoisotopic (exact) mass is 235 g/mol. The SMILES string of the molecule is CC(C)(C)S(=O)(=O)N1CCC[C@H]1C(=O)O. The normalized spacial score (nSPS) is 24.3. The van der Waals surface area contributed by atoms with Crippen LogP contribution in [-0.2, 0) is 14.8 Å². The highest BCUT2D eigenvalue weighted by Crippen LogP contribution is 2.28. The lowest BCUT2D eigenvalue weighted by Crippen LogP contribution is -2.47. The molecule has 1 fully saturated rings. The minimum Gasteiger partial charge on any atom is -0.480 e. The molecule has 0 saturated carbocycles. The van der Waals surface area contributed by atoms with Crippen LogP contribution in [0.15, 0.2) is 0 Å². The van der Waals surface area contributed by atoms with Crippen LogP contribution in [0.25, 0.3) is 0 Å². The van der Waals surface area contributed by atoms with Crippen molar-refractivity contribution in [1.82, 2.24) is 4.31 Å². The highest BCUT2D eigenvalue weighted by molar-refractivity contribution is 7.90. The van der Waals surface area contributed by atoms with Crippen molar-refractivity contribution in [3.8, 4) is 0 Å². The zero-order valence-corrected chi connectivity index (χ0v) is 10.0. The van der Waals surface area contributed by atoms with Gasteiger partial charge in [0.15, 0.2) is 0 Å². The van der Waals surface area contributed by atoms with Crippen LogP contribution in [0.2, 0.25) is 0 Å². The van der Waals surface area contributed by atoms with Gasteiger partial charge < -0.3 is 5.11 Å². The summed E-state index contributed by atoms with van der Waals surface area (Å²) in [6.45, 7) is 5.06. The Labute approximate surface area is 90.1 Å². The Morgan fingerprint density at radius 2 is 1.93 bits per heavy atom. The van der Waals surface area contributed by atoms with E-state index in [1.54, 1.807) is 20.8 Å². The highest BCUT2D eigenvalue weighted by atomic mass is 32.2. The molecule has 88 valence electrons. The summed E-state index contributed by atoms with van der Waals surface area (Å²) in [5.74, 6) is -1.06. The number of carbonyl (C=O) groups is 1. The van der Waals surface area contributed by atoms with Crippen molar-refractivity contribution in [1.29, 1.82) is 0 Å². The van der Waals surface area contributed by atoms with Gasteiger partial charge in [-0.2, -0.15) is 4.31 Å². The molecule has 5 nitrogen and oxygen atoms in total. The van der Waals surface area contributed by atoms with Gasteiger partial charge in [-0.25, -0.2) is 8.42 Å². The van der Waals surface area contributed by atoms with Crippen molar-refractivity contribution >= 4 is 16.0 Å². The molecule has 1 N–H and O–H groups in total. The van der Waals surface area contributed by atoms with Crippen LogP contribution >= 0.6 is 0 Å². The Morgan fingerprint density at radius 1 is 1.40 bits per heavy atom. The van der Waals surface area contributed by atoms with E-state index in [9.17, 15) is 13.2 Å². The van der Waals surface area contributed by atoms with Crippen molar-refractivity contribution in [2.75, 3.05) is 6.54 Å². The van der Waals surface area contributed by atoms with Gasteiger partial charge in [-0.15, -0.1) is 0 Å². The fourth-order valence-corrected chi connectivity index (χ4v) is 3.23. The third-order valence-corrected chi connectivity index (χ3v) is 5.17. The molecule has 0 unspecified atom stereocenters. The zero-order chi connectivity index (χ0) is 11.9. The Bertz CT molecular complexity index is 355. The molecule has 1 rings (SSSR count). The Hall–Kier alpha value is -0.620. The second-order valence-corrected chi connectivity index (χ2v) is 7.37. The van der Waals surface area contributed by atoms with E-state index in [4.69, 9.17) is 5.11 Å². The lowest BCUT2D eigenvalue weighted by Gasteiger charge is -2.29. The number of hydrogen-bond acceptors (Lipinski definition) is 3. The maximum atomic E-state index is 12.0. The van der Waals surface area contributed by atoms with Crippen molar-refractivity contribution in [3.05, 3.63) is 0 Å². The fraction of sp³-hybridized carbons (Fsp3) is 0.889. The topological polar surface area (TPSA) is 74.7 Å². The van der Waals surface area contributed by atoms with Gasteiger partial charge in [0, 0.05) is 6.54 Å². The molecule has 0 aromatic heterocycles. The van der Waals surface area contributed by atoms with Crippen molar-refractivity contribution in [2.24, 2.45) is 0 Å². The highest BCUT2D eigenvalue weighted by Gasteiger charge is 2.44. The maximum absolute atomic E-state index is 12.0. The molecule has 0 aliphatic carbocycles. The van der Waals surface area contributed by atoms with E-state index in [1.165, 1.54) is 0 Å². The van der Waals surface area contributed by atoms with Crippen LogP contribution in [0.3, 0.4) is 0 Å². The molecule has 1 aliphatic rings. The molecular formula is C9H17NO4S. The number of nitrogens with zero attached hydrogens (tertiary/aromatic N) is 1. The lowest BCUT2D eigenvalue weighted by molar-refractivity contribution is -0.140. The van der Waals surface area contributed by atoms with Gasteiger partial charge in [0.1, 0.15) is 6.04 Å². The molecule has 1 atom stereocenters. The van der Waals surface area contributed by atoms with Gasteiger partial charge in [0.25, 0.3) is 0 Å². The summed E-state index contributed by atoms with van der Waals surface area (Å²) in [7, 11) is -3.52. The number of aliphatic carboxylic acids is 1. The summed E-state index contributed by atoms with van der Waals surface area (Å²) < 4.78 is 24.2.